The monoisotopic (exact) mass is 956 g/mol. The minimum Gasteiger partial charge on any atom is -0.298 e. The van der Waals surface area contributed by atoms with Crippen LogP contribution in [0.15, 0.2) is 227 Å². The molecule has 6 nitrogen and oxygen atoms in total. The Kier molecular flexibility index (Phi) is 12.6. The molecule has 8 aromatic carbocycles. The number of halogens is 2. The first-order chi connectivity index (χ1) is 31.5. The molecule has 0 unspecified atom stereocenters. The zero-order valence-electron chi connectivity index (χ0n) is 34.3. The van der Waals surface area contributed by atoms with E-state index < -0.39 is 0 Å². The summed E-state index contributed by atoms with van der Waals surface area (Å²) in [6.45, 7) is 0. The van der Waals surface area contributed by atoms with Crippen molar-refractivity contribution in [2.45, 2.75) is 0 Å². The van der Waals surface area contributed by atoms with Crippen LogP contribution in [0.1, 0.15) is 20.7 Å². The molecular formula is C56H38Br2N4O2. The number of hydrogen-bond acceptors (Lipinski definition) is 4. The fourth-order valence-corrected chi connectivity index (χ4v) is 8.26. The second-order valence-corrected chi connectivity index (χ2v) is 16.7. The fraction of sp³-hybridized carbons (Fsp3) is 0. The van der Waals surface area contributed by atoms with E-state index in [4.69, 9.17) is 9.97 Å². The van der Waals surface area contributed by atoms with Crippen molar-refractivity contribution in [2.75, 3.05) is 0 Å². The van der Waals surface area contributed by atoms with E-state index in [0.717, 1.165) is 88.1 Å². The first-order valence-corrected chi connectivity index (χ1v) is 22.2. The van der Waals surface area contributed by atoms with Crippen LogP contribution in [0.5, 0.6) is 0 Å². The van der Waals surface area contributed by atoms with Gasteiger partial charge in [0, 0.05) is 64.8 Å². The van der Waals surface area contributed by atoms with E-state index in [9.17, 15) is 9.59 Å². The number of imidazole rings is 2. The quantitative estimate of drug-likeness (QED) is 0.128. The maximum atomic E-state index is 10.2. The van der Waals surface area contributed by atoms with Crippen LogP contribution in [-0.4, -0.2) is 31.7 Å². The molecule has 0 spiro atoms. The number of aromatic nitrogens is 4. The zero-order chi connectivity index (χ0) is 43.8. The third kappa shape index (κ3) is 8.88. The summed E-state index contributed by atoms with van der Waals surface area (Å²) in [4.78, 5) is 31.3. The molecule has 64 heavy (non-hydrogen) atoms. The lowest BCUT2D eigenvalue weighted by Gasteiger charge is -2.15. The molecule has 0 radical (unpaired) electrons. The van der Waals surface area contributed by atoms with Crippen LogP contribution in [0.4, 0.5) is 0 Å². The molecule has 308 valence electrons. The third-order valence-corrected chi connectivity index (χ3v) is 11.7. The number of carbonyl (C=O) groups is 2. The normalized spacial score (nSPS) is 10.8. The molecule has 0 aliphatic rings. The molecule has 10 aromatic rings. The molecule has 0 atom stereocenters. The highest BCUT2D eigenvalue weighted by Gasteiger charge is 2.25. The molecule has 10 rings (SSSR count). The van der Waals surface area contributed by atoms with E-state index in [1.807, 2.05) is 12.1 Å². The third-order valence-electron chi connectivity index (χ3n) is 10.7. The van der Waals surface area contributed by atoms with Gasteiger partial charge in [0.15, 0.2) is 0 Å². The topological polar surface area (TPSA) is 69.8 Å². The van der Waals surface area contributed by atoms with Gasteiger partial charge in [-0.15, -0.1) is 0 Å². The highest BCUT2D eigenvalue weighted by molar-refractivity contribution is 9.10. The van der Waals surface area contributed by atoms with Crippen molar-refractivity contribution in [3.63, 3.8) is 0 Å². The molecule has 0 saturated carbocycles. The van der Waals surface area contributed by atoms with Gasteiger partial charge in [-0.3, -0.25) is 18.7 Å². The van der Waals surface area contributed by atoms with Gasteiger partial charge in [0.25, 0.3) is 0 Å². The van der Waals surface area contributed by atoms with Gasteiger partial charge in [-0.2, -0.15) is 0 Å². The van der Waals surface area contributed by atoms with Crippen molar-refractivity contribution in [1.29, 1.82) is 0 Å². The van der Waals surface area contributed by atoms with Gasteiger partial charge in [0.2, 0.25) is 0 Å². The number of carbonyl (C=O) groups excluding carboxylic acids is 2. The Bertz CT molecular complexity index is 2980. The molecular weight excluding hydrogens is 920 g/mol. The molecule has 0 saturated heterocycles. The van der Waals surface area contributed by atoms with Crippen molar-refractivity contribution >= 4 is 44.4 Å². The molecule has 8 heteroatoms. The first-order valence-electron chi connectivity index (χ1n) is 20.6. The number of rotatable bonds is 10. The molecule has 0 aliphatic heterocycles. The van der Waals surface area contributed by atoms with Gasteiger partial charge in [-0.05, 0) is 60.7 Å². The first kappa shape index (κ1) is 41.8. The summed E-state index contributed by atoms with van der Waals surface area (Å²) in [6.07, 6.45) is 1.43. The standard InChI is InChI=1S/C48H32Br2N4.C8H6O2/c49-39-24-28-41(29-25-39)53-45(35-18-9-3-10-19-35)43(33-14-5-1-6-15-33)51-47(53)37-22-13-23-38(32-37)48-52-44(34-16-7-2-8-17-34)46(36-20-11-4-12-21-36)54(48)42-30-26-40(50)27-31-42;9-5-7-2-1-3-8(4-7)6-10/h1-32H;1-6H. The van der Waals surface area contributed by atoms with Crippen molar-refractivity contribution < 1.29 is 9.59 Å². The molecule has 0 N–H and O–H groups in total. The van der Waals surface area contributed by atoms with Gasteiger partial charge in [0.05, 0.1) is 22.8 Å². The maximum absolute atomic E-state index is 10.2. The van der Waals surface area contributed by atoms with Crippen LogP contribution in [0.3, 0.4) is 0 Å². The summed E-state index contributed by atoms with van der Waals surface area (Å²) in [6, 6.07) is 74.0. The second-order valence-electron chi connectivity index (χ2n) is 14.8. The summed E-state index contributed by atoms with van der Waals surface area (Å²) in [7, 11) is 0. The summed E-state index contributed by atoms with van der Waals surface area (Å²) >= 11 is 7.31. The SMILES string of the molecule is Brc1ccc(-n2c(-c3cccc(-c4nc(-c5ccccc5)c(-c5ccccc5)n4-c4ccc(Br)cc4)c3)nc(-c3ccccc3)c2-c2ccccc2)cc1.O=Cc1cccc(C=O)c1. The van der Waals surface area contributed by atoms with Gasteiger partial charge >= 0.3 is 0 Å². The Morgan fingerprint density at radius 3 is 1.03 bits per heavy atom. The van der Waals surface area contributed by atoms with Crippen LogP contribution >= 0.6 is 31.9 Å². The molecule has 0 bridgehead atoms. The highest BCUT2D eigenvalue weighted by atomic mass is 79.9. The van der Waals surface area contributed by atoms with Gasteiger partial charge in [-0.1, -0.05) is 190 Å². The average molecular weight is 959 g/mol. The van der Waals surface area contributed by atoms with Gasteiger partial charge in [-0.25, -0.2) is 9.97 Å². The lowest BCUT2D eigenvalue weighted by molar-refractivity contribution is 0.112. The summed E-state index contributed by atoms with van der Waals surface area (Å²) in [5.41, 5.74) is 13.2. The van der Waals surface area contributed by atoms with E-state index in [1.165, 1.54) is 0 Å². The Morgan fingerprint density at radius 1 is 0.344 bits per heavy atom. The summed E-state index contributed by atoms with van der Waals surface area (Å²) in [5.74, 6) is 1.68. The smallest absolute Gasteiger partial charge is 0.150 e. The second kappa shape index (κ2) is 19.3. The number of hydrogen-bond donors (Lipinski definition) is 0. The van der Waals surface area contributed by atoms with Crippen LogP contribution in [-0.2, 0) is 0 Å². The Hall–Kier alpha value is -7.52. The number of aldehydes is 2. The molecule has 0 amide bonds. The van der Waals surface area contributed by atoms with Crippen LogP contribution < -0.4 is 0 Å². The van der Waals surface area contributed by atoms with Crippen molar-refractivity contribution in [2.24, 2.45) is 0 Å². The fourth-order valence-electron chi connectivity index (χ4n) is 7.73. The van der Waals surface area contributed by atoms with Crippen LogP contribution in [0.2, 0.25) is 0 Å². The lowest BCUT2D eigenvalue weighted by atomic mass is 10.0. The minimum absolute atomic E-state index is 0.532. The zero-order valence-corrected chi connectivity index (χ0v) is 37.5. The predicted octanol–water partition coefficient (Wildman–Crippen LogP) is 14.9. The average Bonchev–Trinajstić information content (AvgIpc) is 3.97. The van der Waals surface area contributed by atoms with Gasteiger partial charge in [0.1, 0.15) is 24.2 Å². The molecule has 0 fully saturated rings. The van der Waals surface area contributed by atoms with Crippen LogP contribution in [0.25, 0.3) is 79.2 Å². The predicted molar refractivity (Wildman–Crippen MR) is 266 cm³/mol. The van der Waals surface area contributed by atoms with Crippen molar-refractivity contribution in [3.8, 4) is 79.2 Å². The van der Waals surface area contributed by atoms with Crippen LogP contribution in [0, 0.1) is 0 Å². The number of nitrogens with zero attached hydrogens (tertiary/aromatic N) is 4. The van der Waals surface area contributed by atoms with E-state index in [2.05, 4.69) is 223 Å². The maximum Gasteiger partial charge on any atom is 0.150 e. The van der Waals surface area contributed by atoms with E-state index in [-0.39, 0.29) is 0 Å². The lowest BCUT2D eigenvalue weighted by Crippen LogP contribution is -2.02. The summed E-state index contributed by atoms with van der Waals surface area (Å²) in [5, 5.41) is 0. The minimum atomic E-state index is 0.532. The van der Waals surface area contributed by atoms with Crippen molar-refractivity contribution in [3.05, 3.63) is 238 Å². The molecule has 2 heterocycles. The Morgan fingerprint density at radius 2 is 0.672 bits per heavy atom. The van der Waals surface area contributed by atoms with E-state index in [1.54, 1.807) is 24.3 Å². The van der Waals surface area contributed by atoms with Crippen molar-refractivity contribution in [1.82, 2.24) is 19.1 Å². The Labute approximate surface area is 388 Å². The number of benzene rings is 8. The molecule has 2 aromatic heterocycles. The molecule has 0 aliphatic carbocycles. The Balaban J connectivity index is 0.000000460. The van der Waals surface area contributed by atoms with E-state index >= 15 is 0 Å². The largest absolute Gasteiger partial charge is 0.298 e. The highest BCUT2D eigenvalue weighted by Crippen LogP contribution is 2.42. The van der Waals surface area contributed by atoms with Gasteiger partial charge < -0.3 is 0 Å². The van der Waals surface area contributed by atoms with E-state index in [0.29, 0.717) is 23.7 Å². The summed E-state index contributed by atoms with van der Waals surface area (Å²) < 4.78 is 6.61.